The molecular weight excluding hydrogens is 379 g/mol. The number of rotatable bonds is 6. The Hall–Kier alpha value is -3.30. The molecule has 0 aliphatic carbocycles. The number of carbonyl (C=O) groups is 2. The van der Waals surface area contributed by atoms with Gasteiger partial charge in [0.05, 0.1) is 6.54 Å². The second-order valence-electron chi connectivity index (χ2n) is 5.88. The van der Waals surface area contributed by atoms with Crippen molar-refractivity contribution in [3.8, 4) is 5.88 Å². The van der Waals surface area contributed by atoms with E-state index in [1.807, 2.05) is 0 Å². The molecule has 0 unspecified atom stereocenters. The van der Waals surface area contributed by atoms with Crippen LogP contribution in [0.1, 0.15) is 16.1 Å². The number of carbonyl (C=O) groups excluding carboxylic acids is 2. The second-order valence-corrected chi connectivity index (χ2v) is 5.88. The first-order valence-electron chi connectivity index (χ1n) is 8.30. The van der Waals surface area contributed by atoms with Crippen LogP contribution >= 0.6 is 0 Å². The Morgan fingerprint density at radius 1 is 1.21 bits per heavy atom. The highest BCUT2D eigenvalue weighted by Crippen LogP contribution is 2.19. The lowest BCUT2D eigenvalue weighted by atomic mass is 10.2. The number of benzene rings is 1. The van der Waals surface area contributed by atoms with Gasteiger partial charge in [0.2, 0.25) is 5.88 Å². The summed E-state index contributed by atoms with van der Waals surface area (Å²) in [6, 6.07) is 11.0. The quantitative estimate of drug-likeness (QED) is 0.814. The number of cyclic esters (lactones) is 1. The number of hydrogen-bond donors (Lipinski definition) is 1. The molecule has 2 heterocycles. The number of nitrogens with one attached hydrogen (secondary N) is 1. The van der Waals surface area contributed by atoms with Crippen LogP contribution in [-0.2, 0) is 11.3 Å². The number of hydrogen-bond acceptors (Lipinski definition) is 5. The molecule has 2 aromatic rings. The minimum absolute atomic E-state index is 0.0592. The third kappa shape index (κ3) is 5.12. The van der Waals surface area contributed by atoms with Crippen molar-refractivity contribution < 1.29 is 32.2 Å². The summed E-state index contributed by atoms with van der Waals surface area (Å²) >= 11 is 0. The molecule has 0 spiro atoms. The van der Waals surface area contributed by atoms with Crippen LogP contribution in [0.25, 0.3) is 0 Å². The highest BCUT2D eigenvalue weighted by atomic mass is 19.4. The van der Waals surface area contributed by atoms with E-state index >= 15 is 0 Å². The van der Waals surface area contributed by atoms with Crippen molar-refractivity contribution in [1.29, 1.82) is 0 Å². The average molecular weight is 395 g/mol. The average Bonchev–Trinajstić information content (AvgIpc) is 3.10. The molecule has 148 valence electrons. The largest absolute Gasteiger partial charge is 0.468 e. The Labute approximate surface area is 158 Å². The molecule has 1 aromatic heterocycles. The molecule has 2 amide bonds. The lowest BCUT2D eigenvalue weighted by Crippen LogP contribution is -2.25. The molecule has 3 rings (SSSR count). The minimum Gasteiger partial charge on any atom is -0.468 e. The Morgan fingerprint density at radius 3 is 2.61 bits per heavy atom. The first kappa shape index (κ1) is 19.5. The van der Waals surface area contributed by atoms with Crippen molar-refractivity contribution >= 4 is 17.7 Å². The summed E-state index contributed by atoms with van der Waals surface area (Å²) in [7, 11) is 0. The molecule has 28 heavy (non-hydrogen) atoms. The summed E-state index contributed by atoms with van der Waals surface area (Å²) in [6.07, 6.45) is -4.89. The molecule has 1 aliphatic rings. The molecule has 0 radical (unpaired) electrons. The highest BCUT2D eigenvalue weighted by Gasteiger charge is 2.28. The predicted octanol–water partition coefficient (Wildman–Crippen LogP) is 2.91. The number of ether oxygens (including phenoxy) is 2. The SMILES string of the molecule is O=C(NCc1ccc(N2CCOC2=O)cc1)c1cccc(OCC(F)(F)F)n1. The van der Waals surface area contributed by atoms with Gasteiger partial charge in [-0.05, 0) is 23.8 Å². The Balaban J connectivity index is 1.56. The summed E-state index contributed by atoms with van der Waals surface area (Å²) in [4.78, 5) is 29.0. The second kappa shape index (κ2) is 8.15. The lowest BCUT2D eigenvalue weighted by Gasteiger charge is -2.13. The van der Waals surface area contributed by atoms with E-state index in [1.165, 1.54) is 23.1 Å². The van der Waals surface area contributed by atoms with E-state index in [2.05, 4.69) is 15.0 Å². The number of anilines is 1. The van der Waals surface area contributed by atoms with E-state index in [9.17, 15) is 22.8 Å². The van der Waals surface area contributed by atoms with Crippen LogP contribution < -0.4 is 15.0 Å². The molecule has 1 saturated heterocycles. The third-order valence-corrected chi connectivity index (χ3v) is 3.80. The number of halogens is 3. The number of aromatic nitrogens is 1. The summed E-state index contributed by atoms with van der Waals surface area (Å²) in [5.74, 6) is -0.837. The Kier molecular flexibility index (Phi) is 5.67. The molecule has 1 fully saturated rings. The van der Waals surface area contributed by atoms with E-state index in [4.69, 9.17) is 4.74 Å². The Bertz CT molecular complexity index is 856. The summed E-state index contributed by atoms with van der Waals surface area (Å²) < 4.78 is 46.0. The van der Waals surface area contributed by atoms with Gasteiger partial charge < -0.3 is 14.8 Å². The number of amides is 2. The first-order valence-corrected chi connectivity index (χ1v) is 8.30. The summed E-state index contributed by atoms with van der Waals surface area (Å²) in [6.45, 7) is -0.483. The standard InChI is InChI=1S/C18H16F3N3O4/c19-18(20,21)11-28-15-3-1-2-14(23-15)16(25)22-10-12-4-6-13(7-5-12)24-8-9-27-17(24)26/h1-7H,8-11H2,(H,22,25). The smallest absolute Gasteiger partial charge is 0.422 e. The van der Waals surface area contributed by atoms with Crippen LogP contribution in [0.15, 0.2) is 42.5 Å². The van der Waals surface area contributed by atoms with Crippen LogP contribution in [0.4, 0.5) is 23.7 Å². The van der Waals surface area contributed by atoms with Gasteiger partial charge in [-0.3, -0.25) is 9.69 Å². The van der Waals surface area contributed by atoms with E-state index in [0.29, 0.717) is 18.8 Å². The van der Waals surface area contributed by atoms with Gasteiger partial charge in [-0.25, -0.2) is 9.78 Å². The van der Waals surface area contributed by atoms with E-state index in [1.54, 1.807) is 24.3 Å². The molecule has 0 bridgehead atoms. The highest BCUT2D eigenvalue weighted by molar-refractivity contribution is 5.92. The fourth-order valence-corrected chi connectivity index (χ4v) is 2.47. The maximum Gasteiger partial charge on any atom is 0.422 e. The van der Waals surface area contributed by atoms with Crippen molar-refractivity contribution in [3.63, 3.8) is 0 Å². The van der Waals surface area contributed by atoms with Gasteiger partial charge in [0.15, 0.2) is 6.61 Å². The monoisotopic (exact) mass is 395 g/mol. The summed E-state index contributed by atoms with van der Waals surface area (Å²) in [5.41, 5.74) is 1.40. The van der Waals surface area contributed by atoms with Crippen molar-refractivity contribution in [1.82, 2.24) is 10.3 Å². The van der Waals surface area contributed by atoms with Crippen LogP contribution in [0.3, 0.4) is 0 Å². The number of alkyl halides is 3. The van der Waals surface area contributed by atoms with Crippen molar-refractivity contribution in [2.75, 3.05) is 24.7 Å². The number of nitrogens with zero attached hydrogens (tertiary/aromatic N) is 2. The van der Waals surface area contributed by atoms with Gasteiger partial charge in [0.1, 0.15) is 12.3 Å². The van der Waals surface area contributed by atoms with Gasteiger partial charge in [-0.1, -0.05) is 18.2 Å². The van der Waals surface area contributed by atoms with Gasteiger partial charge in [0.25, 0.3) is 5.91 Å². The van der Waals surface area contributed by atoms with Gasteiger partial charge in [-0.15, -0.1) is 0 Å². The van der Waals surface area contributed by atoms with Crippen LogP contribution in [-0.4, -0.2) is 42.9 Å². The fraction of sp³-hybridized carbons (Fsp3) is 0.278. The zero-order valence-electron chi connectivity index (χ0n) is 14.5. The normalized spacial score (nSPS) is 14.0. The molecule has 0 saturated carbocycles. The predicted molar refractivity (Wildman–Crippen MR) is 92.1 cm³/mol. The van der Waals surface area contributed by atoms with Gasteiger partial charge in [-0.2, -0.15) is 13.2 Å². The molecule has 1 N–H and O–H groups in total. The maximum absolute atomic E-state index is 12.2. The van der Waals surface area contributed by atoms with Crippen LogP contribution in [0.2, 0.25) is 0 Å². The fourth-order valence-electron chi connectivity index (χ4n) is 2.47. The van der Waals surface area contributed by atoms with Crippen LogP contribution in [0, 0.1) is 0 Å². The molecule has 1 aromatic carbocycles. The van der Waals surface area contributed by atoms with E-state index < -0.39 is 24.8 Å². The van der Waals surface area contributed by atoms with Crippen molar-refractivity contribution in [2.45, 2.75) is 12.7 Å². The molecular formula is C18H16F3N3O4. The molecule has 0 atom stereocenters. The lowest BCUT2D eigenvalue weighted by molar-refractivity contribution is -0.154. The molecule has 1 aliphatic heterocycles. The maximum atomic E-state index is 12.2. The van der Waals surface area contributed by atoms with Crippen molar-refractivity contribution in [3.05, 3.63) is 53.7 Å². The van der Waals surface area contributed by atoms with Gasteiger partial charge in [0, 0.05) is 18.3 Å². The van der Waals surface area contributed by atoms with Crippen LogP contribution in [0.5, 0.6) is 5.88 Å². The third-order valence-electron chi connectivity index (χ3n) is 3.80. The Morgan fingerprint density at radius 2 is 1.96 bits per heavy atom. The summed E-state index contributed by atoms with van der Waals surface area (Å²) in [5, 5.41) is 2.63. The van der Waals surface area contributed by atoms with E-state index in [-0.39, 0.29) is 18.1 Å². The molecule has 7 nitrogen and oxygen atoms in total. The van der Waals surface area contributed by atoms with E-state index in [0.717, 1.165) is 5.56 Å². The minimum atomic E-state index is -4.49. The topological polar surface area (TPSA) is 80.8 Å². The van der Waals surface area contributed by atoms with Gasteiger partial charge >= 0.3 is 12.3 Å². The zero-order valence-corrected chi connectivity index (χ0v) is 14.5. The first-order chi connectivity index (χ1) is 13.3. The number of pyridine rings is 1. The zero-order chi connectivity index (χ0) is 20.1. The molecule has 10 heteroatoms. The van der Waals surface area contributed by atoms with Crippen molar-refractivity contribution in [2.24, 2.45) is 0 Å².